The molecule has 7 nitrogen and oxygen atoms in total. The second-order valence-corrected chi connectivity index (χ2v) is 7.51. The topological polar surface area (TPSA) is 79.6 Å². The monoisotopic (exact) mass is 401 g/mol. The zero-order valence-electron chi connectivity index (χ0n) is 17.2. The molecule has 2 aromatic carbocycles. The van der Waals surface area contributed by atoms with Crippen LogP contribution in [0.15, 0.2) is 65.8 Å². The summed E-state index contributed by atoms with van der Waals surface area (Å²) < 4.78 is 1.89. The second kappa shape index (κ2) is 7.59. The Labute approximate surface area is 175 Å². The average Bonchev–Trinajstić information content (AvgIpc) is 3.14. The molecular formula is C23H23N5O2. The van der Waals surface area contributed by atoms with Gasteiger partial charge in [0.15, 0.2) is 0 Å². The van der Waals surface area contributed by atoms with E-state index in [0.29, 0.717) is 12.1 Å². The number of aromatic nitrogens is 2. The molecule has 2 heterocycles. The summed E-state index contributed by atoms with van der Waals surface area (Å²) in [6.07, 6.45) is 1.54. The number of urea groups is 1. The van der Waals surface area contributed by atoms with Gasteiger partial charge in [0.25, 0.3) is 5.91 Å². The maximum Gasteiger partial charge on any atom is 0.346 e. The van der Waals surface area contributed by atoms with Crippen molar-refractivity contribution in [2.24, 2.45) is 5.10 Å². The van der Waals surface area contributed by atoms with Crippen molar-refractivity contribution in [1.82, 2.24) is 20.1 Å². The molecule has 0 unspecified atom stereocenters. The molecule has 152 valence electrons. The van der Waals surface area contributed by atoms with Gasteiger partial charge in [-0.05, 0) is 31.9 Å². The van der Waals surface area contributed by atoms with Crippen molar-refractivity contribution >= 4 is 18.2 Å². The van der Waals surface area contributed by atoms with E-state index >= 15 is 0 Å². The van der Waals surface area contributed by atoms with Crippen LogP contribution in [0.1, 0.15) is 35.0 Å². The van der Waals surface area contributed by atoms with Crippen LogP contribution in [0.25, 0.3) is 0 Å². The molecule has 1 N–H and O–H groups in total. The minimum absolute atomic E-state index is 0.415. The molecule has 1 aliphatic heterocycles. The number of imide groups is 1. The van der Waals surface area contributed by atoms with E-state index in [1.165, 1.54) is 6.21 Å². The van der Waals surface area contributed by atoms with Gasteiger partial charge < -0.3 is 5.32 Å². The molecule has 1 aromatic heterocycles. The summed E-state index contributed by atoms with van der Waals surface area (Å²) in [6, 6.07) is 18.7. The average molecular weight is 401 g/mol. The number of amides is 3. The smallest absolute Gasteiger partial charge is 0.318 e. The summed E-state index contributed by atoms with van der Waals surface area (Å²) in [7, 11) is 0. The van der Waals surface area contributed by atoms with Crippen LogP contribution in [0.2, 0.25) is 0 Å². The highest BCUT2D eigenvalue weighted by atomic mass is 16.2. The third-order valence-corrected chi connectivity index (χ3v) is 5.44. The zero-order chi connectivity index (χ0) is 21.3. The quantitative estimate of drug-likeness (QED) is 0.526. The maximum atomic E-state index is 13.0. The van der Waals surface area contributed by atoms with Crippen LogP contribution < -0.4 is 5.32 Å². The van der Waals surface area contributed by atoms with Gasteiger partial charge in [-0.15, -0.1) is 5.01 Å². The number of benzene rings is 2. The van der Waals surface area contributed by atoms with E-state index in [0.717, 1.165) is 27.5 Å². The molecule has 0 radical (unpaired) electrons. The summed E-state index contributed by atoms with van der Waals surface area (Å²) in [6.45, 7) is 6.16. The van der Waals surface area contributed by atoms with Crippen LogP contribution in [0.4, 0.5) is 4.79 Å². The number of hydrazone groups is 1. The fourth-order valence-corrected chi connectivity index (χ4v) is 3.62. The van der Waals surface area contributed by atoms with Crippen LogP contribution in [-0.2, 0) is 16.9 Å². The minimum atomic E-state index is -1.14. The van der Waals surface area contributed by atoms with E-state index in [1.54, 1.807) is 6.92 Å². The molecule has 30 heavy (non-hydrogen) atoms. The molecule has 1 aliphatic rings. The van der Waals surface area contributed by atoms with E-state index in [9.17, 15) is 9.59 Å². The molecule has 0 spiro atoms. The highest BCUT2D eigenvalue weighted by Crippen LogP contribution is 2.28. The molecule has 1 fully saturated rings. The van der Waals surface area contributed by atoms with Gasteiger partial charge in [0.2, 0.25) is 0 Å². The Morgan fingerprint density at radius 2 is 1.67 bits per heavy atom. The van der Waals surface area contributed by atoms with E-state index in [1.807, 2.05) is 79.2 Å². The number of nitrogens with zero attached hydrogens (tertiary/aromatic N) is 4. The highest BCUT2D eigenvalue weighted by Gasteiger charge is 2.49. The number of nitrogens with one attached hydrogen (secondary N) is 1. The Hall–Kier alpha value is -3.74. The van der Waals surface area contributed by atoms with Gasteiger partial charge in [-0.25, -0.2) is 4.79 Å². The van der Waals surface area contributed by atoms with Crippen LogP contribution in [0, 0.1) is 13.8 Å². The second-order valence-electron chi connectivity index (χ2n) is 7.51. The highest BCUT2D eigenvalue weighted by molar-refractivity contribution is 6.07. The summed E-state index contributed by atoms with van der Waals surface area (Å²) in [5, 5.41) is 12.4. The number of rotatable bonds is 5. The largest absolute Gasteiger partial charge is 0.346 e. The molecule has 3 amide bonds. The third-order valence-electron chi connectivity index (χ3n) is 5.44. The van der Waals surface area contributed by atoms with Crippen LogP contribution in [0.5, 0.6) is 0 Å². The maximum absolute atomic E-state index is 13.0. The normalized spacial score (nSPS) is 19.0. The van der Waals surface area contributed by atoms with Crippen molar-refractivity contribution in [3.63, 3.8) is 0 Å². The van der Waals surface area contributed by atoms with Crippen molar-refractivity contribution in [2.45, 2.75) is 32.9 Å². The minimum Gasteiger partial charge on any atom is -0.318 e. The lowest BCUT2D eigenvalue weighted by molar-refractivity contribution is -0.131. The fraction of sp³-hybridized carbons (Fsp3) is 0.217. The number of carbonyl (C=O) groups is 2. The molecule has 4 rings (SSSR count). The fourth-order valence-electron chi connectivity index (χ4n) is 3.62. The van der Waals surface area contributed by atoms with Crippen molar-refractivity contribution in [2.75, 3.05) is 0 Å². The summed E-state index contributed by atoms with van der Waals surface area (Å²) in [4.78, 5) is 25.5. The number of hydrogen-bond donors (Lipinski definition) is 1. The van der Waals surface area contributed by atoms with Crippen LogP contribution in [0.3, 0.4) is 0 Å². The first-order valence-electron chi connectivity index (χ1n) is 9.74. The van der Waals surface area contributed by atoms with Crippen LogP contribution in [-0.4, -0.2) is 32.9 Å². The predicted molar refractivity (Wildman–Crippen MR) is 114 cm³/mol. The number of carbonyl (C=O) groups excluding carboxylic acids is 2. The molecule has 0 saturated carbocycles. The van der Waals surface area contributed by atoms with Gasteiger partial charge in [0.1, 0.15) is 5.54 Å². The first-order chi connectivity index (χ1) is 14.4. The standard InChI is InChI=1S/C23H23N5O2/c1-16-20(17(2)27(26-16)15-18-10-6-4-7-11-18)14-24-28-21(29)23(3,25-22(28)30)19-12-8-5-9-13-19/h4-14H,15H2,1-3H3,(H,25,30)/b24-14-/t23-/m0/s1. The summed E-state index contributed by atoms with van der Waals surface area (Å²) in [5.41, 5.74) is 3.20. The Balaban J connectivity index is 1.58. The SMILES string of the molecule is Cc1nn(Cc2ccccc2)c(C)c1/C=N\N1C(=O)N[C@@](C)(c2ccccc2)C1=O. The number of aryl methyl sites for hydroxylation is 1. The van der Waals surface area contributed by atoms with Crippen molar-refractivity contribution in [3.05, 3.63) is 88.7 Å². The van der Waals surface area contributed by atoms with E-state index < -0.39 is 17.5 Å². The molecule has 1 saturated heterocycles. The number of hydrogen-bond acceptors (Lipinski definition) is 4. The lowest BCUT2D eigenvalue weighted by atomic mass is 9.92. The summed E-state index contributed by atoms with van der Waals surface area (Å²) >= 11 is 0. The van der Waals surface area contributed by atoms with Gasteiger partial charge >= 0.3 is 6.03 Å². The van der Waals surface area contributed by atoms with Crippen molar-refractivity contribution < 1.29 is 9.59 Å². The Morgan fingerprint density at radius 3 is 2.33 bits per heavy atom. The molecular weight excluding hydrogens is 378 g/mol. The van der Waals surface area contributed by atoms with Gasteiger partial charge in [0.05, 0.1) is 18.5 Å². The lowest BCUT2D eigenvalue weighted by Crippen LogP contribution is -2.40. The Morgan fingerprint density at radius 1 is 1.03 bits per heavy atom. The van der Waals surface area contributed by atoms with Crippen molar-refractivity contribution in [1.29, 1.82) is 0 Å². The van der Waals surface area contributed by atoms with E-state index in [4.69, 9.17) is 0 Å². The van der Waals surface area contributed by atoms with Gasteiger partial charge in [-0.2, -0.15) is 10.2 Å². The molecule has 7 heteroatoms. The lowest BCUT2D eigenvalue weighted by Gasteiger charge is -2.20. The first kappa shape index (κ1) is 19.6. The van der Waals surface area contributed by atoms with Crippen molar-refractivity contribution in [3.8, 4) is 0 Å². The Bertz CT molecular complexity index is 1120. The van der Waals surface area contributed by atoms with Gasteiger partial charge in [-0.1, -0.05) is 60.7 Å². The molecule has 1 atom stereocenters. The van der Waals surface area contributed by atoms with Crippen LogP contribution >= 0.6 is 0 Å². The van der Waals surface area contributed by atoms with E-state index in [-0.39, 0.29) is 0 Å². The third kappa shape index (κ3) is 3.39. The van der Waals surface area contributed by atoms with Gasteiger partial charge in [0, 0.05) is 11.3 Å². The van der Waals surface area contributed by atoms with Gasteiger partial charge in [-0.3, -0.25) is 9.48 Å². The predicted octanol–water partition coefficient (Wildman–Crippen LogP) is 3.35. The Kier molecular flexibility index (Phi) is 4.95. The molecule has 3 aromatic rings. The first-order valence-corrected chi connectivity index (χ1v) is 9.74. The molecule has 0 bridgehead atoms. The summed E-state index contributed by atoms with van der Waals surface area (Å²) in [5.74, 6) is -0.415. The zero-order valence-corrected chi connectivity index (χ0v) is 17.2. The molecule has 0 aliphatic carbocycles. The van der Waals surface area contributed by atoms with E-state index in [2.05, 4.69) is 15.5 Å².